The second-order valence-electron chi connectivity index (χ2n) is 12.7. The lowest BCUT2D eigenvalue weighted by molar-refractivity contribution is -0.0743. The largest absolute Gasteiger partial charge is 0.508 e. The molecule has 2 aromatic heterocycles. The van der Waals surface area contributed by atoms with Crippen LogP contribution in [0, 0.1) is 5.82 Å². The molecule has 1 aliphatic carbocycles. The van der Waals surface area contributed by atoms with Gasteiger partial charge in [-0.25, -0.2) is 8.78 Å². The Morgan fingerprint density at radius 1 is 1.21 bits per heavy atom. The van der Waals surface area contributed by atoms with E-state index in [4.69, 9.17) is 26.1 Å². The Kier molecular flexibility index (Phi) is 6.26. The van der Waals surface area contributed by atoms with Gasteiger partial charge in [-0.05, 0) is 55.8 Å². The number of aromatic hydroxyl groups is 1. The minimum Gasteiger partial charge on any atom is -0.508 e. The van der Waals surface area contributed by atoms with Gasteiger partial charge >= 0.3 is 6.01 Å². The number of benzene rings is 1. The molecule has 2 atom stereocenters. The second-order valence-corrected chi connectivity index (χ2v) is 13.1. The van der Waals surface area contributed by atoms with Crippen LogP contribution in [0.4, 0.5) is 14.6 Å². The average molecular weight is 599 g/mol. The molecule has 1 saturated carbocycles. The minimum atomic E-state index is -0.885. The van der Waals surface area contributed by atoms with Crippen LogP contribution < -0.4 is 15.0 Å². The highest BCUT2D eigenvalue weighted by atomic mass is 35.5. The number of halogens is 3. The third kappa shape index (κ3) is 4.39. The average Bonchev–Trinajstić information content (AvgIpc) is 3.64. The summed E-state index contributed by atoms with van der Waals surface area (Å²) in [5.74, 6) is 0.0790. The van der Waals surface area contributed by atoms with Crippen molar-refractivity contribution in [1.29, 1.82) is 0 Å². The molecule has 0 unspecified atom stereocenters. The van der Waals surface area contributed by atoms with Gasteiger partial charge in [-0.1, -0.05) is 11.6 Å². The summed E-state index contributed by atoms with van der Waals surface area (Å²) in [5.41, 5.74) is 0.871. The van der Waals surface area contributed by atoms with Crippen molar-refractivity contribution in [3.05, 3.63) is 34.7 Å². The van der Waals surface area contributed by atoms with Crippen LogP contribution in [-0.2, 0) is 4.74 Å². The summed E-state index contributed by atoms with van der Waals surface area (Å²) < 4.78 is 42.8. The summed E-state index contributed by atoms with van der Waals surface area (Å²) in [6, 6.07) is 3.07. The van der Waals surface area contributed by atoms with E-state index in [9.17, 15) is 9.50 Å². The first-order valence-electron chi connectivity index (χ1n) is 14.8. The number of hydrogen-bond acceptors (Lipinski definition) is 9. The Morgan fingerprint density at radius 2 is 2.07 bits per heavy atom. The molecular formula is C30H33ClF2N6O3. The number of nitrogens with zero attached hydrogens (tertiary/aromatic N) is 5. The molecular weight excluding hydrogens is 566 g/mol. The lowest BCUT2D eigenvalue weighted by Gasteiger charge is -2.49. The maximum Gasteiger partial charge on any atom is 0.319 e. The molecule has 0 radical (unpaired) electrons. The molecule has 2 N–H and O–H groups in total. The number of nitrogens with one attached hydrogen (secondary N) is 1. The quantitative estimate of drug-likeness (QED) is 0.433. The number of pyridine rings is 1. The molecule has 5 aliphatic rings. The van der Waals surface area contributed by atoms with E-state index < -0.39 is 12.0 Å². The van der Waals surface area contributed by atoms with E-state index in [1.54, 1.807) is 6.20 Å². The zero-order valence-corrected chi connectivity index (χ0v) is 24.0. The standard InChI is InChI=1S/C30H33ClF2N6O3/c31-22-9-19(40)8-20(23(22)17-2-3-17)25-24(33)26-21(11-34-25)27(38-7-5-35-29(13-38)14-41-15-29)37-28(36-26)42-16-30-4-1-6-39(30)12-18(32)10-30/h8-9,11,17-18,35,40H,1-7,10,12-16H2/t18-,30+/m1/s1. The van der Waals surface area contributed by atoms with Crippen LogP contribution in [0.25, 0.3) is 22.2 Å². The van der Waals surface area contributed by atoms with Gasteiger partial charge in [0, 0.05) is 49.4 Å². The molecule has 4 aliphatic heterocycles. The Labute approximate surface area is 247 Å². The van der Waals surface area contributed by atoms with Crippen molar-refractivity contribution in [1.82, 2.24) is 25.2 Å². The number of aromatic nitrogens is 3. The lowest BCUT2D eigenvalue weighted by atomic mass is 9.94. The highest BCUT2D eigenvalue weighted by Crippen LogP contribution is 2.49. The number of ether oxygens (including phenoxy) is 2. The second kappa shape index (κ2) is 9.83. The number of piperazine rings is 1. The number of hydrogen-bond donors (Lipinski definition) is 2. The van der Waals surface area contributed by atoms with Crippen molar-refractivity contribution in [2.75, 3.05) is 57.4 Å². The van der Waals surface area contributed by atoms with E-state index in [0.29, 0.717) is 61.1 Å². The zero-order chi connectivity index (χ0) is 28.6. The van der Waals surface area contributed by atoms with Crippen LogP contribution in [0.3, 0.4) is 0 Å². The summed E-state index contributed by atoms with van der Waals surface area (Å²) in [6.45, 7) is 4.71. The van der Waals surface area contributed by atoms with E-state index in [2.05, 4.69) is 25.1 Å². The number of alkyl halides is 1. The van der Waals surface area contributed by atoms with Crippen molar-refractivity contribution in [3.8, 4) is 23.0 Å². The molecule has 6 heterocycles. The fraction of sp³-hybridized carbons (Fsp3) is 0.567. The van der Waals surface area contributed by atoms with Crippen molar-refractivity contribution < 1.29 is 23.4 Å². The predicted molar refractivity (Wildman–Crippen MR) is 154 cm³/mol. The number of anilines is 1. The number of rotatable bonds is 6. The van der Waals surface area contributed by atoms with Crippen molar-refractivity contribution in [3.63, 3.8) is 0 Å². The lowest BCUT2D eigenvalue weighted by Crippen LogP contribution is -2.70. The molecule has 1 aromatic carbocycles. The van der Waals surface area contributed by atoms with Crippen LogP contribution in [0.15, 0.2) is 18.3 Å². The molecule has 42 heavy (non-hydrogen) atoms. The summed E-state index contributed by atoms with van der Waals surface area (Å²) in [6.07, 6.45) is 4.87. The maximum absolute atomic E-state index is 16.6. The van der Waals surface area contributed by atoms with Gasteiger partial charge in [-0.15, -0.1) is 0 Å². The first-order valence-corrected chi connectivity index (χ1v) is 15.2. The fourth-order valence-corrected chi connectivity index (χ4v) is 7.80. The predicted octanol–water partition coefficient (Wildman–Crippen LogP) is 4.20. The van der Waals surface area contributed by atoms with Gasteiger partial charge in [0.2, 0.25) is 0 Å². The highest BCUT2D eigenvalue weighted by molar-refractivity contribution is 6.32. The SMILES string of the molecule is Oc1cc(Cl)c(C2CC2)c(-c2ncc3c(N4CCNC5(COC5)C4)nc(OC[C@@]45CCCN4C[C@H](F)C5)nc3c2F)c1. The molecule has 9 nitrogen and oxygen atoms in total. The van der Waals surface area contributed by atoms with Gasteiger partial charge in [0.15, 0.2) is 5.82 Å². The summed E-state index contributed by atoms with van der Waals surface area (Å²) in [7, 11) is 0. The fourth-order valence-electron chi connectivity index (χ4n) is 7.43. The summed E-state index contributed by atoms with van der Waals surface area (Å²) in [5, 5.41) is 14.8. The smallest absolute Gasteiger partial charge is 0.319 e. The van der Waals surface area contributed by atoms with E-state index in [1.807, 2.05) is 0 Å². The highest BCUT2D eigenvalue weighted by Gasteiger charge is 2.49. The molecule has 1 spiro atoms. The van der Waals surface area contributed by atoms with Crippen molar-refractivity contribution in [2.45, 2.75) is 55.3 Å². The van der Waals surface area contributed by atoms with Gasteiger partial charge < -0.3 is 24.8 Å². The summed E-state index contributed by atoms with van der Waals surface area (Å²) in [4.78, 5) is 18.3. The molecule has 5 fully saturated rings. The van der Waals surface area contributed by atoms with Gasteiger partial charge in [-0.2, -0.15) is 9.97 Å². The molecule has 0 amide bonds. The first kappa shape index (κ1) is 26.7. The van der Waals surface area contributed by atoms with E-state index in [-0.39, 0.29) is 46.6 Å². The molecule has 3 aromatic rings. The van der Waals surface area contributed by atoms with E-state index in [1.165, 1.54) is 12.1 Å². The topological polar surface area (TPSA) is 95.9 Å². The van der Waals surface area contributed by atoms with Crippen LogP contribution in [0.1, 0.15) is 43.6 Å². The van der Waals surface area contributed by atoms with Crippen molar-refractivity contribution >= 4 is 28.3 Å². The minimum absolute atomic E-state index is 0.0509. The normalized spacial score (nSPS) is 27.0. The molecule has 222 valence electrons. The monoisotopic (exact) mass is 598 g/mol. The summed E-state index contributed by atoms with van der Waals surface area (Å²) >= 11 is 6.54. The Morgan fingerprint density at radius 3 is 2.86 bits per heavy atom. The maximum atomic E-state index is 16.6. The molecule has 8 rings (SSSR count). The number of fused-ring (bicyclic) bond motifs is 2. The molecule has 12 heteroatoms. The van der Waals surface area contributed by atoms with Crippen LogP contribution >= 0.6 is 11.6 Å². The van der Waals surface area contributed by atoms with Gasteiger partial charge in [0.05, 0.1) is 29.7 Å². The first-order chi connectivity index (χ1) is 20.3. The number of phenolic OH excluding ortho intramolecular Hbond substituents is 1. The third-order valence-corrected chi connectivity index (χ3v) is 9.97. The Bertz CT molecular complexity index is 1570. The molecule has 4 saturated heterocycles. The van der Waals surface area contributed by atoms with Crippen LogP contribution in [0.2, 0.25) is 5.02 Å². The van der Waals surface area contributed by atoms with Crippen molar-refractivity contribution in [2.24, 2.45) is 0 Å². The Balaban J connectivity index is 1.23. The Hall–Kier alpha value is -2.86. The van der Waals surface area contributed by atoms with Crippen LogP contribution in [0.5, 0.6) is 11.8 Å². The van der Waals surface area contributed by atoms with E-state index >= 15 is 4.39 Å². The van der Waals surface area contributed by atoms with Gasteiger partial charge in [0.25, 0.3) is 0 Å². The third-order valence-electron chi connectivity index (χ3n) is 9.66. The van der Waals surface area contributed by atoms with Gasteiger partial charge in [-0.3, -0.25) is 9.88 Å². The molecule has 0 bridgehead atoms. The van der Waals surface area contributed by atoms with Gasteiger partial charge in [0.1, 0.15) is 35.6 Å². The van der Waals surface area contributed by atoms with Crippen LogP contribution in [-0.4, -0.2) is 94.8 Å². The number of phenols is 1. The zero-order valence-electron chi connectivity index (χ0n) is 23.2. The van der Waals surface area contributed by atoms with E-state index in [0.717, 1.165) is 44.3 Å².